The van der Waals surface area contributed by atoms with Crippen LogP contribution in [-0.2, 0) is 71.2 Å². The summed E-state index contributed by atoms with van der Waals surface area (Å²) in [5, 5.41) is 0. The Morgan fingerprint density at radius 1 is 0.256 bits per heavy atom. The number of carbonyl (C=O) groups excluding carboxylic acids is 2. The first-order valence-electron chi connectivity index (χ1n) is 14.7. The SMILES string of the molecule is CC(=O)OCCOCCOCCOCCOCCOCCOCCOCCOCCOCCOCCOCCOC(C)=O. The van der Waals surface area contributed by atoms with Crippen molar-refractivity contribution in [1.29, 1.82) is 0 Å². The van der Waals surface area contributed by atoms with E-state index in [4.69, 9.17) is 61.6 Å². The third kappa shape index (κ3) is 40.5. The van der Waals surface area contributed by atoms with E-state index in [9.17, 15) is 9.59 Å². The van der Waals surface area contributed by atoms with E-state index in [1.54, 1.807) is 0 Å². The van der Waals surface area contributed by atoms with Gasteiger partial charge in [0, 0.05) is 13.8 Å². The molecule has 0 aromatic rings. The largest absolute Gasteiger partial charge is 0.463 e. The van der Waals surface area contributed by atoms with Gasteiger partial charge in [-0.3, -0.25) is 9.59 Å². The molecule has 0 fully saturated rings. The minimum atomic E-state index is -0.314. The smallest absolute Gasteiger partial charge is 0.302 e. The number of rotatable bonds is 36. The quantitative estimate of drug-likeness (QED) is 0.0688. The summed E-state index contributed by atoms with van der Waals surface area (Å²) in [5.41, 5.74) is 0. The van der Waals surface area contributed by atoms with Crippen LogP contribution in [0.4, 0.5) is 0 Å². The molecule has 0 atom stereocenters. The van der Waals surface area contributed by atoms with Crippen LogP contribution in [0.1, 0.15) is 13.8 Å². The molecule has 0 saturated carbocycles. The Labute approximate surface area is 255 Å². The van der Waals surface area contributed by atoms with E-state index in [-0.39, 0.29) is 25.2 Å². The fourth-order valence-corrected chi connectivity index (χ4v) is 2.79. The van der Waals surface area contributed by atoms with Gasteiger partial charge in [0.25, 0.3) is 0 Å². The standard InChI is InChI=1S/C28H54O15/c1-27(29)42-25-23-40-21-19-38-17-15-36-13-11-34-9-7-32-5-3-31-4-6-33-8-10-35-12-14-37-16-18-39-20-22-41-24-26-43-28(2)30/h3-26H2,1-2H3. The molecule has 43 heavy (non-hydrogen) atoms. The zero-order chi connectivity index (χ0) is 31.3. The number of hydrogen-bond acceptors (Lipinski definition) is 15. The van der Waals surface area contributed by atoms with Crippen molar-refractivity contribution in [3.63, 3.8) is 0 Å². The predicted octanol–water partition coefficient (Wildman–Crippen LogP) is 0.295. The lowest BCUT2D eigenvalue weighted by atomic mass is 10.6. The van der Waals surface area contributed by atoms with Gasteiger partial charge in [0.05, 0.1) is 145 Å². The molecule has 256 valence electrons. The molecule has 15 heteroatoms. The first kappa shape index (κ1) is 41.5. The molecule has 0 aromatic carbocycles. The first-order chi connectivity index (χ1) is 21.1. The van der Waals surface area contributed by atoms with Gasteiger partial charge in [-0.2, -0.15) is 0 Å². The molecule has 0 rings (SSSR count). The molecule has 0 amide bonds. The van der Waals surface area contributed by atoms with Gasteiger partial charge in [-0.1, -0.05) is 0 Å². The van der Waals surface area contributed by atoms with Crippen molar-refractivity contribution in [2.24, 2.45) is 0 Å². The van der Waals surface area contributed by atoms with Crippen LogP contribution in [0.5, 0.6) is 0 Å². The molecule has 0 saturated heterocycles. The summed E-state index contributed by atoms with van der Waals surface area (Å²) in [6, 6.07) is 0. The predicted molar refractivity (Wildman–Crippen MR) is 152 cm³/mol. The van der Waals surface area contributed by atoms with Crippen LogP contribution >= 0.6 is 0 Å². The van der Waals surface area contributed by atoms with Crippen LogP contribution in [0.3, 0.4) is 0 Å². The minimum absolute atomic E-state index is 0.254. The van der Waals surface area contributed by atoms with Crippen LogP contribution < -0.4 is 0 Å². The van der Waals surface area contributed by atoms with Gasteiger partial charge >= 0.3 is 11.9 Å². The molecule has 0 aliphatic carbocycles. The van der Waals surface area contributed by atoms with E-state index in [2.05, 4.69) is 0 Å². The lowest BCUT2D eigenvalue weighted by Gasteiger charge is -2.09. The summed E-state index contributed by atoms with van der Waals surface area (Å²) in [6.07, 6.45) is 0. The van der Waals surface area contributed by atoms with Gasteiger partial charge in [-0.15, -0.1) is 0 Å². The molecule has 0 aliphatic rings. The van der Waals surface area contributed by atoms with Gasteiger partial charge in [-0.25, -0.2) is 0 Å². The molecule has 0 radical (unpaired) electrons. The molecule has 0 unspecified atom stereocenters. The maximum Gasteiger partial charge on any atom is 0.302 e. The second-order valence-corrected chi connectivity index (χ2v) is 8.42. The molecule has 0 aliphatic heterocycles. The van der Waals surface area contributed by atoms with Crippen LogP contribution in [0.2, 0.25) is 0 Å². The summed E-state index contributed by atoms with van der Waals surface area (Å²) < 4.78 is 68.8. The fourth-order valence-electron chi connectivity index (χ4n) is 2.79. The van der Waals surface area contributed by atoms with Crippen LogP contribution in [-0.4, -0.2) is 171 Å². The van der Waals surface area contributed by atoms with E-state index in [0.717, 1.165) is 0 Å². The second-order valence-electron chi connectivity index (χ2n) is 8.42. The molecular weight excluding hydrogens is 576 g/mol. The maximum absolute atomic E-state index is 10.6. The van der Waals surface area contributed by atoms with Crippen LogP contribution in [0, 0.1) is 0 Å². The van der Waals surface area contributed by atoms with E-state index in [1.165, 1.54) is 13.8 Å². The molecule has 15 nitrogen and oxygen atoms in total. The van der Waals surface area contributed by atoms with Crippen LogP contribution in [0.15, 0.2) is 0 Å². The topological polar surface area (TPSA) is 154 Å². The van der Waals surface area contributed by atoms with Crippen molar-refractivity contribution in [2.45, 2.75) is 13.8 Å². The Morgan fingerprint density at radius 3 is 0.488 bits per heavy atom. The average molecular weight is 631 g/mol. The zero-order valence-electron chi connectivity index (χ0n) is 26.1. The Balaban J connectivity index is 3.04. The zero-order valence-corrected chi connectivity index (χ0v) is 26.1. The molecule has 0 N–H and O–H groups in total. The van der Waals surface area contributed by atoms with Crippen molar-refractivity contribution >= 4 is 11.9 Å². The third-order valence-corrected chi connectivity index (χ3v) is 4.79. The number of ether oxygens (including phenoxy) is 13. The highest BCUT2D eigenvalue weighted by Gasteiger charge is 1.97. The normalized spacial score (nSPS) is 11.2. The van der Waals surface area contributed by atoms with E-state index in [0.29, 0.717) is 145 Å². The Kier molecular flexibility index (Phi) is 35.4. The molecule has 0 heterocycles. The molecular formula is C28H54O15. The van der Waals surface area contributed by atoms with E-state index in [1.807, 2.05) is 0 Å². The summed E-state index contributed by atoms with van der Waals surface area (Å²) in [5.74, 6) is -0.629. The van der Waals surface area contributed by atoms with Crippen molar-refractivity contribution in [1.82, 2.24) is 0 Å². The lowest BCUT2D eigenvalue weighted by Crippen LogP contribution is -2.15. The van der Waals surface area contributed by atoms with E-state index < -0.39 is 0 Å². The van der Waals surface area contributed by atoms with E-state index >= 15 is 0 Å². The van der Waals surface area contributed by atoms with Crippen LogP contribution in [0.25, 0.3) is 0 Å². The Morgan fingerprint density at radius 2 is 0.372 bits per heavy atom. The lowest BCUT2D eigenvalue weighted by molar-refractivity contribution is -0.143. The van der Waals surface area contributed by atoms with Crippen molar-refractivity contribution < 1.29 is 71.2 Å². The Hall–Kier alpha value is -1.50. The highest BCUT2D eigenvalue weighted by atomic mass is 16.6. The van der Waals surface area contributed by atoms with Gasteiger partial charge in [0.2, 0.25) is 0 Å². The minimum Gasteiger partial charge on any atom is -0.463 e. The van der Waals surface area contributed by atoms with Gasteiger partial charge < -0.3 is 61.6 Å². The van der Waals surface area contributed by atoms with Crippen molar-refractivity contribution in [3.8, 4) is 0 Å². The number of esters is 2. The average Bonchev–Trinajstić information content (AvgIpc) is 2.98. The second kappa shape index (κ2) is 36.7. The molecule has 0 aromatic heterocycles. The number of hydrogen-bond donors (Lipinski definition) is 0. The van der Waals surface area contributed by atoms with Gasteiger partial charge in [-0.05, 0) is 0 Å². The monoisotopic (exact) mass is 630 g/mol. The molecule has 0 bridgehead atoms. The summed E-state index contributed by atoms with van der Waals surface area (Å²) in [6.45, 7) is 13.5. The highest BCUT2D eigenvalue weighted by molar-refractivity contribution is 5.66. The highest BCUT2D eigenvalue weighted by Crippen LogP contribution is 1.87. The number of carbonyl (C=O) groups is 2. The molecule has 0 spiro atoms. The first-order valence-corrected chi connectivity index (χ1v) is 14.7. The fraction of sp³-hybridized carbons (Fsp3) is 0.929. The van der Waals surface area contributed by atoms with Crippen molar-refractivity contribution in [3.05, 3.63) is 0 Å². The summed E-state index contributed by atoms with van der Waals surface area (Å²) in [4.78, 5) is 21.2. The van der Waals surface area contributed by atoms with Gasteiger partial charge in [0.1, 0.15) is 13.2 Å². The third-order valence-electron chi connectivity index (χ3n) is 4.79. The summed E-state index contributed by atoms with van der Waals surface area (Å²) >= 11 is 0. The maximum atomic E-state index is 10.6. The summed E-state index contributed by atoms with van der Waals surface area (Å²) in [7, 11) is 0. The van der Waals surface area contributed by atoms with Crippen molar-refractivity contribution in [2.75, 3.05) is 159 Å². The Bertz CT molecular complexity index is 534. The van der Waals surface area contributed by atoms with Gasteiger partial charge in [0.15, 0.2) is 0 Å².